The van der Waals surface area contributed by atoms with Crippen molar-refractivity contribution >= 4 is 17.8 Å². The van der Waals surface area contributed by atoms with Crippen LogP contribution < -0.4 is 5.32 Å². The molecule has 0 saturated heterocycles. The van der Waals surface area contributed by atoms with Gasteiger partial charge in [-0.3, -0.25) is 4.79 Å². The number of ether oxygens (including phenoxy) is 2. The molecule has 0 fully saturated rings. The number of carbonyl (C=O) groups is 3. The Morgan fingerprint density at radius 1 is 1.18 bits per heavy atom. The number of amides is 1. The Morgan fingerprint density at radius 2 is 1.77 bits per heavy atom. The molecule has 0 unspecified atom stereocenters. The summed E-state index contributed by atoms with van der Waals surface area (Å²) in [4.78, 5) is 34.9. The zero-order valence-electron chi connectivity index (χ0n) is 12.9. The molecule has 0 saturated carbocycles. The maximum absolute atomic E-state index is 11.8. The Kier molecular flexibility index (Phi) is 6.10. The highest BCUT2D eigenvalue weighted by Crippen LogP contribution is 2.07. The van der Waals surface area contributed by atoms with Crippen LogP contribution in [-0.2, 0) is 25.7 Å². The van der Waals surface area contributed by atoms with E-state index in [0.717, 1.165) is 5.56 Å². The van der Waals surface area contributed by atoms with E-state index in [0.29, 0.717) is 0 Å². The number of ketones is 1. The third-order valence-corrected chi connectivity index (χ3v) is 2.42. The summed E-state index contributed by atoms with van der Waals surface area (Å²) in [6.45, 7) is 8.44. The van der Waals surface area contributed by atoms with E-state index in [1.54, 1.807) is 45.0 Å². The summed E-state index contributed by atoms with van der Waals surface area (Å²) in [6, 6.07) is 7.67. The van der Waals surface area contributed by atoms with Gasteiger partial charge in [0.15, 0.2) is 0 Å². The molecule has 0 aliphatic rings. The van der Waals surface area contributed by atoms with E-state index in [9.17, 15) is 14.4 Å². The van der Waals surface area contributed by atoms with E-state index in [4.69, 9.17) is 9.47 Å². The monoisotopic (exact) mass is 306 g/mol. The van der Waals surface area contributed by atoms with E-state index < -0.39 is 29.5 Å². The quantitative estimate of drug-likeness (QED) is 0.665. The molecule has 0 bridgehead atoms. The summed E-state index contributed by atoms with van der Waals surface area (Å²) < 4.78 is 9.85. The first-order valence-corrected chi connectivity index (χ1v) is 6.76. The second kappa shape index (κ2) is 7.59. The van der Waals surface area contributed by atoms with Gasteiger partial charge in [0.25, 0.3) is 5.78 Å². The van der Waals surface area contributed by atoms with Crippen LogP contribution in [0.1, 0.15) is 26.3 Å². The molecule has 0 aliphatic heterocycles. The first-order chi connectivity index (χ1) is 10.2. The maximum atomic E-state index is 11.8. The van der Waals surface area contributed by atoms with E-state index in [1.165, 1.54) is 0 Å². The van der Waals surface area contributed by atoms with Crippen LogP contribution in [0.4, 0.5) is 4.79 Å². The molecule has 0 heterocycles. The molecular weight excluding hydrogens is 286 g/mol. The molecule has 6 heteroatoms. The third-order valence-electron chi connectivity index (χ3n) is 2.42. The number of Topliss-reactive ketones (excluding diaryl/α,β-unsaturated/α-hetero) is 1. The molecule has 1 rings (SSSR count). The molecule has 119 valence electrons. The number of carbonyl (C=O) groups excluding carboxylic acids is 3. The highest BCUT2D eigenvalue weighted by molar-refractivity contribution is 6.36. The molecule has 22 heavy (non-hydrogen) atoms. The Balaban J connectivity index is 2.45. The van der Waals surface area contributed by atoms with Crippen LogP contribution in [0.2, 0.25) is 0 Å². The molecule has 0 aliphatic carbocycles. The normalized spacial score (nSPS) is 12.2. The van der Waals surface area contributed by atoms with Crippen LogP contribution in [-0.4, -0.2) is 29.5 Å². The molecule has 1 radical (unpaired) electrons. The number of benzene rings is 1. The predicted octanol–water partition coefficient (Wildman–Crippen LogP) is 2.03. The van der Waals surface area contributed by atoms with Gasteiger partial charge < -0.3 is 14.8 Å². The second-order valence-electron chi connectivity index (χ2n) is 5.62. The number of hydrogen-bond donors (Lipinski definition) is 1. The van der Waals surface area contributed by atoms with Gasteiger partial charge in [0.2, 0.25) is 0 Å². The molecule has 1 aromatic rings. The number of nitrogens with one attached hydrogen (secondary N) is 1. The number of esters is 1. The average Bonchev–Trinajstić information content (AvgIpc) is 2.42. The van der Waals surface area contributed by atoms with Gasteiger partial charge in [-0.1, -0.05) is 30.3 Å². The van der Waals surface area contributed by atoms with Crippen LogP contribution >= 0.6 is 0 Å². The van der Waals surface area contributed by atoms with E-state index >= 15 is 0 Å². The molecular formula is C16H20NO5. The largest absolute Gasteiger partial charge is 0.455 e. The molecule has 1 atom stereocenters. The lowest BCUT2D eigenvalue weighted by atomic mass is 10.2. The molecule has 1 amide bonds. The molecule has 6 nitrogen and oxygen atoms in total. The average molecular weight is 306 g/mol. The maximum Gasteiger partial charge on any atom is 0.408 e. The number of hydrogen-bond acceptors (Lipinski definition) is 5. The van der Waals surface area contributed by atoms with Crippen LogP contribution in [0.3, 0.4) is 0 Å². The van der Waals surface area contributed by atoms with Gasteiger partial charge in [-0.2, -0.15) is 0 Å². The Hall–Kier alpha value is -2.37. The zero-order chi connectivity index (χ0) is 16.8. The van der Waals surface area contributed by atoms with Crippen molar-refractivity contribution in [3.8, 4) is 0 Å². The fourth-order valence-corrected chi connectivity index (χ4v) is 1.45. The fraction of sp³-hybridized carbons (Fsp3) is 0.375. The van der Waals surface area contributed by atoms with Gasteiger partial charge >= 0.3 is 12.1 Å². The van der Waals surface area contributed by atoms with Crippen molar-refractivity contribution < 1.29 is 23.9 Å². The van der Waals surface area contributed by atoms with E-state index in [-0.39, 0.29) is 6.61 Å². The van der Waals surface area contributed by atoms with Crippen molar-refractivity contribution in [1.29, 1.82) is 0 Å². The van der Waals surface area contributed by atoms with Gasteiger partial charge in [-0.05, 0) is 33.3 Å². The lowest BCUT2D eigenvalue weighted by Gasteiger charge is -2.21. The summed E-state index contributed by atoms with van der Waals surface area (Å²) in [7, 11) is 0. The fourth-order valence-electron chi connectivity index (χ4n) is 1.45. The number of rotatable bonds is 5. The van der Waals surface area contributed by atoms with Crippen LogP contribution in [0, 0.1) is 6.92 Å². The van der Waals surface area contributed by atoms with Crippen LogP contribution in [0.25, 0.3) is 0 Å². The Labute approximate surface area is 129 Å². The van der Waals surface area contributed by atoms with Crippen LogP contribution in [0.15, 0.2) is 30.3 Å². The minimum atomic E-state index is -1.27. The summed E-state index contributed by atoms with van der Waals surface area (Å²) in [5.41, 5.74) is 0.0464. The third kappa shape index (κ3) is 6.39. The lowest BCUT2D eigenvalue weighted by molar-refractivity contribution is -0.155. The van der Waals surface area contributed by atoms with Gasteiger partial charge in [0, 0.05) is 0 Å². The minimum Gasteiger partial charge on any atom is -0.455 e. The summed E-state index contributed by atoms with van der Waals surface area (Å²) in [5, 5.41) is 2.19. The first kappa shape index (κ1) is 17.7. The van der Waals surface area contributed by atoms with E-state index in [1.807, 2.05) is 6.07 Å². The first-order valence-electron chi connectivity index (χ1n) is 6.76. The van der Waals surface area contributed by atoms with Crippen molar-refractivity contribution in [2.24, 2.45) is 0 Å². The Bertz CT molecular complexity index is 533. The molecule has 0 aromatic heterocycles. The highest BCUT2D eigenvalue weighted by Gasteiger charge is 2.26. The highest BCUT2D eigenvalue weighted by atomic mass is 16.6. The van der Waals surface area contributed by atoms with Crippen molar-refractivity contribution in [2.75, 3.05) is 0 Å². The number of alkyl carbamates (subject to hydrolysis) is 1. The molecule has 0 spiro atoms. The smallest absolute Gasteiger partial charge is 0.408 e. The van der Waals surface area contributed by atoms with Crippen molar-refractivity contribution in [3.05, 3.63) is 42.8 Å². The van der Waals surface area contributed by atoms with Crippen molar-refractivity contribution in [2.45, 2.75) is 39.0 Å². The predicted molar refractivity (Wildman–Crippen MR) is 79.8 cm³/mol. The van der Waals surface area contributed by atoms with E-state index in [2.05, 4.69) is 12.2 Å². The van der Waals surface area contributed by atoms with Gasteiger partial charge in [0.1, 0.15) is 18.2 Å². The summed E-state index contributed by atoms with van der Waals surface area (Å²) in [5.74, 6) is -2.00. The standard InChI is InChI=1S/C16H20NO5/c1-11(17-15(20)22-16(2,3)4)13(18)14(19)21-10-12-8-6-5-7-9-12/h5-9,11H,1,10H2,2-4H3,(H,17,20)/t11-/m0/s1. The Morgan fingerprint density at radius 3 is 2.32 bits per heavy atom. The molecule has 1 N–H and O–H groups in total. The van der Waals surface area contributed by atoms with Crippen molar-refractivity contribution in [1.82, 2.24) is 5.32 Å². The van der Waals surface area contributed by atoms with Crippen LogP contribution in [0.5, 0.6) is 0 Å². The SMILES string of the molecule is [CH2][C@H](NC(=O)OC(C)(C)C)C(=O)C(=O)OCc1ccccc1. The van der Waals surface area contributed by atoms with Gasteiger partial charge in [-0.25, -0.2) is 9.59 Å². The van der Waals surface area contributed by atoms with Gasteiger partial charge in [0.05, 0.1) is 0 Å². The molecule has 1 aromatic carbocycles. The van der Waals surface area contributed by atoms with Crippen molar-refractivity contribution in [3.63, 3.8) is 0 Å². The topological polar surface area (TPSA) is 81.7 Å². The summed E-state index contributed by atoms with van der Waals surface area (Å²) in [6.07, 6.45) is -0.822. The minimum absolute atomic E-state index is 0.0232. The van der Waals surface area contributed by atoms with Gasteiger partial charge in [-0.15, -0.1) is 0 Å². The zero-order valence-corrected chi connectivity index (χ0v) is 12.9. The summed E-state index contributed by atoms with van der Waals surface area (Å²) >= 11 is 0. The second-order valence-corrected chi connectivity index (χ2v) is 5.62. The lowest BCUT2D eigenvalue weighted by Crippen LogP contribution is -2.44.